The number of β-amino-alcohol motifs (C(OH)–C–C–N with tert-alkyl or cyclic N) is 1. The van der Waals surface area contributed by atoms with E-state index in [2.05, 4.69) is 35.8 Å². The van der Waals surface area contributed by atoms with Crippen molar-refractivity contribution in [2.24, 2.45) is 0 Å². The van der Waals surface area contributed by atoms with Gasteiger partial charge in [0.2, 0.25) is 0 Å². The summed E-state index contributed by atoms with van der Waals surface area (Å²) in [6.45, 7) is 10.7. The number of aromatic nitrogens is 2. The van der Waals surface area contributed by atoms with Crippen LogP contribution in [0.3, 0.4) is 0 Å². The maximum atomic E-state index is 9.67. The van der Waals surface area contributed by atoms with Crippen LogP contribution in [0.15, 0.2) is 24.3 Å². The minimum atomic E-state index is -0.267. The lowest BCUT2D eigenvalue weighted by Crippen LogP contribution is -2.54. The van der Waals surface area contributed by atoms with E-state index in [9.17, 15) is 5.11 Å². The predicted octanol–water partition coefficient (Wildman–Crippen LogP) is 2.22. The van der Waals surface area contributed by atoms with E-state index in [1.165, 1.54) is 0 Å². The molecule has 0 radical (unpaired) electrons. The topological polar surface area (TPSA) is 52.5 Å². The molecule has 3 rings (SSSR count). The van der Waals surface area contributed by atoms with Gasteiger partial charge in [0.1, 0.15) is 5.82 Å². The Balaban J connectivity index is 1.70. The molecule has 2 heterocycles. The third kappa shape index (κ3) is 3.91. The molecule has 1 aliphatic heterocycles. The molecule has 0 spiro atoms. The number of hydrogen-bond acceptors (Lipinski definition) is 5. The Labute approximate surface area is 144 Å². The summed E-state index contributed by atoms with van der Waals surface area (Å²) in [6, 6.07) is 8.70. The molecule has 1 aromatic heterocycles. The Hall–Kier alpha value is -1.56. The van der Waals surface area contributed by atoms with E-state index in [0.717, 1.165) is 61.6 Å². The van der Waals surface area contributed by atoms with Crippen molar-refractivity contribution in [1.82, 2.24) is 19.8 Å². The smallest absolute Gasteiger partial charge is 0.143 e. The van der Waals surface area contributed by atoms with Gasteiger partial charge in [-0.25, -0.2) is 9.97 Å². The van der Waals surface area contributed by atoms with Gasteiger partial charge >= 0.3 is 0 Å². The summed E-state index contributed by atoms with van der Waals surface area (Å²) in [5.41, 5.74) is 2.08. The monoisotopic (exact) mass is 328 g/mol. The summed E-state index contributed by atoms with van der Waals surface area (Å²) in [4.78, 5) is 14.3. The zero-order chi connectivity index (χ0) is 17.1. The quantitative estimate of drug-likeness (QED) is 0.912. The lowest BCUT2D eigenvalue weighted by atomic mass is 10.1. The molecule has 24 heavy (non-hydrogen) atoms. The number of nitrogens with zero attached hydrogens (tertiary/aromatic N) is 4. The molecule has 1 saturated heterocycles. The van der Waals surface area contributed by atoms with Crippen molar-refractivity contribution in [1.29, 1.82) is 0 Å². The fourth-order valence-corrected chi connectivity index (χ4v) is 3.63. The minimum absolute atomic E-state index is 0.267. The fourth-order valence-electron chi connectivity index (χ4n) is 3.63. The summed E-state index contributed by atoms with van der Waals surface area (Å²) in [5.74, 6) is 0.907. The highest BCUT2D eigenvalue weighted by Crippen LogP contribution is 2.18. The van der Waals surface area contributed by atoms with Crippen molar-refractivity contribution < 1.29 is 5.11 Å². The van der Waals surface area contributed by atoms with Gasteiger partial charge in [0.15, 0.2) is 0 Å². The van der Waals surface area contributed by atoms with Gasteiger partial charge in [0, 0.05) is 43.3 Å². The van der Waals surface area contributed by atoms with Gasteiger partial charge in [0.25, 0.3) is 0 Å². The fraction of sp³-hybridized carbons (Fsp3) is 0.579. The van der Waals surface area contributed by atoms with Crippen LogP contribution in [0, 0.1) is 6.92 Å². The van der Waals surface area contributed by atoms with Gasteiger partial charge in [-0.05, 0) is 26.3 Å². The van der Waals surface area contributed by atoms with Crippen LogP contribution in [-0.4, -0.2) is 63.2 Å². The third-order valence-electron chi connectivity index (χ3n) is 4.86. The number of aliphatic hydroxyl groups is 1. The molecule has 1 fully saturated rings. The van der Waals surface area contributed by atoms with Crippen molar-refractivity contribution in [2.75, 3.05) is 26.2 Å². The van der Waals surface area contributed by atoms with Crippen LogP contribution < -0.4 is 0 Å². The summed E-state index contributed by atoms with van der Waals surface area (Å²) in [5, 5.41) is 10.8. The molecule has 0 aliphatic carbocycles. The third-order valence-corrected chi connectivity index (χ3v) is 4.86. The number of piperazine rings is 1. The van der Waals surface area contributed by atoms with Crippen molar-refractivity contribution in [2.45, 2.75) is 45.9 Å². The first-order chi connectivity index (χ1) is 11.6. The Kier molecular flexibility index (Phi) is 5.43. The number of aliphatic hydroxyl groups excluding tert-OH is 1. The van der Waals surface area contributed by atoms with Gasteiger partial charge < -0.3 is 5.11 Å². The summed E-state index contributed by atoms with van der Waals surface area (Å²) >= 11 is 0. The molecule has 130 valence electrons. The first kappa shape index (κ1) is 17.3. The molecular formula is C19H28N4O. The number of benzene rings is 1. The Morgan fingerprint density at radius 3 is 2.79 bits per heavy atom. The van der Waals surface area contributed by atoms with Gasteiger partial charge in [0.05, 0.1) is 18.2 Å². The molecule has 0 bridgehead atoms. The van der Waals surface area contributed by atoms with Gasteiger partial charge in [-0.3, -0.25) is 9.80 Å². The molecule has 0 unspecified atom stereocenters. The van der Waals surface area contributed by atoms with E-state index in [1.807, 2.05) is 19.1 Å². The highest BCUT2D eigenvalue weighted by Gasteiger charge is 2.26. The van der Waals surface area contributed by atoms with Crippen LogP contribution >= 0.6 is 0 Å². The highest BCUT2D eigenvalue weighted by molar-refractivity contribution is 5.80. The molecule has 1 N–H and O–H groups in total. The van der Waals surface area contributed by atoms with Crippen LogP contribution in [0.25, 0.3) is 10.9 Å². The molecule has 0 saturated carbocycles. The van der Waals surface area contributed by atoms with Crippen LogP contribution in [0.5, 0.6) is 0 Å². The van der Waals surface area contributed by atoms with Gasteiger partial charge in [-0.2, -0.15) is 0 Å². The summed E-state index contributed by atoms with van der Waals surface area (Å²) < 4.78 is 0. The van der Waals surface area contributed by atoms with Crippen molar-refractivity contribution in [3.05, 3.63) is 35.8 Å². The summed E-state index contributed by atoms with van der Waals surface area (Å²) in [6.07, 6.45) is 0.831. The Morgan fingerprint density at radius 2 is 2.04 bits per heavy atom. The van der Waals surface area contributed by atoms with Gasteiger partial charge in [-0.1, -0.05) is 25.1 Å². The summed E-state index contributed by atoms with van der Waals surface area (Å²) in [7, 11) is 0. The van der Waals surface area contributed by atoms with Gasteiger partial charge in [-0.15, -0.1) is 0 Å². The standard InChI is InChI=1S/C19H28N4O/c1-4-16-12-22(9-10-23(16)11-14(2)24)13-19-20-15(3)17-7-5-6-8-18(17)21-19/h5-8,14,16,24H,4,9-13H2,1-3H3/t14-,16-/m1/s1. The van der Waals surface area contributed by atoms with E-state index >= 15 is 0 Å². The zero-order valence-corrected chi connectivity index (χ0v) is 14.9. The molecule has 2 aromatic rings. The maximum absolute atomic E-state index is 9.67. The lowest BCUT2D eigenvalue weighted by molar-refractivity contribution is 0.0329. The molecule has 5 heteroatoms. The molecule has 2 atom stereocenters. The average Bonchev–Trinajstić information content (AvgIpc) is 2.56. The van der Waals surface area contributed by atoms with E-state index < -0.39 is 0 Å². The number of para-hydroxylation sites is 1. The largest absolute Gasteiger partial charge is 0.392 e. The molecule has 0 amide bonds. The molecule has 1 aliphatic rings. The number of aryl methyl sites for hydroxylation is 1. The molecule has 1 aromatic carbocycles. The predicted molar refractivity (Wildman–Crippen MR) is 96.9 cm³/mol. The van der Waals surface area contributed by atoms with E-state index in [-0.39, 0.29) is 6.10 Å². The second-order valence-electron chi connectivity index (χ2n) is 6.88. The van der Waals surface area contributed by atoms with E-state index in [1.54, 1.807) is 0 Å². The first-order valence-electron chi connectivity index (χ1n) is 8.93. The zero-order valence-electron chi connectivity index (χ0n) is 14.9. The lowest BCUT2D eigenvalue weighted by Gasteiger charge is -2.41. The number of fused-ring (bicyclic) bond motifs is 1. The first-order valence-corrected chi connectivity index (χ1v) is 8.93. The molecular weight excluding hydrogens is 300 g/mol. The number of rotatable bonds is 5. The maximum Gasteiger partial charge on any atom is 0.143 e. The average molecular weight is 328 g/mol. The second-order valence-corrected chi connectivity index (χ2v) is 6.88. The van der Waals surface area contributed by atoms with Crippen molar-refractivity contribution in [3.63, 3.8) is 0 Å². The van der Waals surface area contributed by atoms with E-state index in [4.69, 9.17) is 9.97 Å². The second kappa shape index (κ2) is 7.55. The van der Waals surface area contributed by atoms with Crippen LogP contribution in [-0.2, 0) is 6.54 Å². The van der Waals surface area contributed by atoms with Crippen molar-refractivity contribution in [3.8, 4) is 0 Å². The Bertz CT molecular complexity index is 688. The number of hydrogen-bond donors (Lipinski definition) is 1. The SMILES string of the molecule is CC[C@@H]1CN(Cc2nc(C)c3ccccc3n2)CCN1C[C@@H](C)O. The van der Waals surface area contributed by atoms with E-state index in [0.29, 0.717) is 6.04 Å². The highest BCUT2D eigenvalue weighted by atomic mass is 16.3. The van der Waals surface area contributed by atoms with Crippen molar-refractivity contribution >= 4 is 10.9 Å². The molecule has 5 nitrogen and oxygen atoms in total. The van der Waals surface area contributed by atoms with Crippen LogP contribution in [0.1, 0.15) is 31.8 Å². The minimum Gasteiger partial charge on any atom is -0.392 e. The van der Waals surface area contributed by atoms with Crippen LogP contribution in [0.2, 0.25) is 0 Å². The Morgan fingerprint density at radius 1 is 1.25 bits per heavy atom. The van der Waals surface area contributed by atoms with Crippen LogP contribution in [0.4, 0.5) is 0 Å². The normalized spacial score (nSPS) is 21.2.